The molecule has 0 aromatic rings. The maximum Gasteiger partial charge on any atom is 0.323 e. The van der Waals surface area contributed by atoms with Crippen LogP contribution in [0.5, 0.6) is 0 Å². The zero-order valence-electron chi connectivity index (χ0n) is 11.9. The molecule has 0 radical (unpaired) electrons. The van der Waals surface area contributed by atoms with Crippen LogP contribution in [0, 0.1) is 0 Å². The molecule has 19 heavy (non-hydrogen) atoms. The number of methoxy groups -OCH3 is 2. The standard InChI is InChI=1S/C13H26N2O4/c1-18-8-3-6-15(7-9-19-2)11-4-5-13(14,10-11)12(16)17/h11H,3-10,14H2,1-2H3,(H,16,17). The van der Waals surface area contributed by atoms with E-state index in [-0.39, 0.29) is 6.04 Å². The average molecular weight is 274 g/mol. The molecular weight excluding hydrogens is 248 g/mol. The average Bonchev–Trinajstić information content (AvgIpc) is 2.78. The van der Waals surface area contributed by atoms with Crippen molar-refractivity contribution in [2.24, 2.45) is 5.73 Å². The Morgan fingerprint density at radius 1 is 1.37 bits per heavy atom. The van der Waals surface area contributed by atoms with Gasteiger partial charge in [-0.3, -0.25) is 9.69 Å². The minimum Gasteiger partial charge on any atom is -0.480 e. The molecule has 6 heteroatoms. The lowest BCUT2D eigenvalue weighted by molar-refractivity contribution is -0.143. The van der Waals surface area contributed by atoms with E-state index in [0.29, 0.717) is 26.1 Å². The van der Waals surface area contributed by atoms with Crippen molar-refractivity contribution in [3.63, 3.8) is 0 Å². The number of carbonyl (C=O) groups is 1. The highest BCUT2D eigenvalue weighted by atomic mass is 16.5. The van der Waals surface area contributed by atoms with E-state index in [1.54, 1.807) is 14.2 Å². The molecule has 0 aromatic heterocycles. The number of hydrogen-bond donors (Lipinski definition) is 2. The minimum atomic E-state index is -1.06. The smallest absolute Gasteiger partial charge is 0.323 e. The molecule has 112 valence electrons. The van der Waals surface area contributed by atoms with Gasteiger partial charge < -0.3 is 20.3 Å². The van der Waals surface area contributed by atoms with Crippen LogP contribution in [0.1, 0.15) is 25.7 Å². The minimum absolute atomic E-state index is 0.230. The second kappa shape index (κ2) is 7.79. The molecule has 0 bridgehead atoms. The van der Waals surface area contributed by atoms with Crippen molar-refractivity contribution in [3.05, 3.63) is 0 Å². The van der Waals surface area contributed by atoms with E-state index < -0.39 is 11.5 Å². The highest BCUT2D eigenvalue weighted by molar-refractivity contribution is 5.79. The van der Waals surface area contributed by atoms with Crippen LogP contribution >= 0.6 is 0 Å². The van der Waals surface area contributed by atoms with Crippen LogP contribution in [0.3, 0.4) is 0 Å². The summed E-state index contributed by atoms with van der Waals surface area (Å²) in [6, 6.07) is 0.230. The predicted molar refractivity (Wildman–Crippen MR) is 72.1 cm³/mol. The van der Waals surface area contributed by atoms with Gasteiger partial charge in [0, 0.05) is 40.0 Å². The third-order valence-corrected chi connectivity index (χ3v) is 3.84. The van der Waals surface area contributed by atoms with Crippen LogP contribution in [0.4, 0.5) is 0 Å². The molecule has 0 aromatic carbocycles. The topological polar surface area (TPSA) is 85.0 Å². The van der Waals surface area contributed by atoms with E-state index in [2.05, 4.69) is 4.90 Å². The Kier molecular flexibility index (Phi) is 6.71. The summed E-state index contributed by atoms with van der Waals surface area (Å²) >= 11 is 0. The van der Waals surface area contributed by atoms with Crippen molar-refractivity contribution < 1.29 is 19.4 Å². The molecule has 0 amide bonds. The van der Waals surface area contributed by atoms with E-state index >= 15 is 0 Å². The zero-order valence-corrected chi connectivity index (χ0v) is 11.9. The fraction of sp³-hybridized carbons (Fsp3) is 0.923. The number of hydrogen-bond acceptors (Lipinski definition) is 5. The van der Waals surface area contributed by atoms with E-state index in [1.807, 2.05) is 0 Å². The summed E-state index contributed by atoms with van der Waals surface area (Å²) in [6.07, 6.45) is 2.82. The van der Waals surface area contributed by atoms with Gasteiger partial charge in [-0.1, -0.05) is 0 Å². The van der Waals surface area contributed by atoms with Crippen molar-refractivity contribution in [1.29, 1.82) is 0 Å². The lowest BCUT2D eigenvalue weighted by atomic mass is 9.99. The van der Waals surface area contributed by atoms with E-state index in [4.69, 9.17) is 15.2 Å². The fourth-order valence-corrected chi connectivity index (χ4v) is 2.65. The summed E-state index contributed by atoms with van der Waals surface area (Å²) in [5.41, 5.74) is 4.87. The van der Waals surface area contributed by atoms with Gasteiger partial charge >= 0.3 is 5.97 Å². The molecule has 1 fully saturated rings. The predicted octanol–water partition coefficient (Wildman–Crippen LogP) is 0.306. The maximum atomic E-state index is 11.2. The van der Waals surface area contributed by atoms with Gasteiger partial charge in [-0.15, -0.1) is 0 Å². The Morgan fingerprint density at radius 2 is 2.05 bits per heavy atom. The summed E-state index contributed by atoms with van der Waals surface area (Å²) in [7, 11) is 3.36. The first-order valence-corrected chi connectivity index (χ1v) is 6.77. The Hall–Kier alpha value is -0.690. The molecule has 6 nitrogen and oxygen atoms in total. The number of carboxylic acid groups (broad SMARTS) is 1. The van der Waals surface area contributed by atoms with Gasteiger partial charge in [0.1, 0.15) is 5.54 Å². The number of rotatable bonds is 9. The van der Waals surface area contributed by atoms with Crippen molar-refractivity contribution in [1.82, 2.24) is 4.90 Å². The SMILES string of the molecule is COCCCN(CCOC)C1CCC(N)(C(=O)O)C1. The van der Waals surface area contributed by atoms with Gasteiger partial charge in [0.15, 0.2) is 0 Å². The van der Waals surface area contributed by atoms with Crippen LogP contribution in [-0.4, -0.2) is 68.1 Å². The summed E-state index contributed by atoms with van der Waals surface area (Å²) in [4.78, 5) is 13.5. The fourth-order valence-electron chi connectivity index (χ4n) is 2.65. The molecule has 1 aliphatic carbocycles. The molecule has 1 saturated carbocycles. The van der Waals surface area contributed by atoms with Gasteiger partial charge in [-0.25, -0.2) is 0 Å². The number of aliphatic carboxylic acids is 1. The third kappa shape index (κ3) is 4.72. The lowest BCUT2D eigenvalue weighted by Crippen LogP contribution is -2.47. The van der Waals surface area contributed by atoms with Crippen LogP contribution in [0.15, 0.2) is 0 Å². The van der Waals surface area contributed by atoms with Crippen molar-refractivity contribution in [2.45, 2.75) is 37.3 Å². The number of nitrogens with zero attached hydrogens (tertiary/aromatic N) is 1. The second-order valence-electron chi connectivity index (χ2n) is 5.23. The molecule has 0 spiro atoms. The van der Waals surface area contributed by atoms with Gasteiger partial charge in [0.2, 0.25) is 0 Å². The second-order valence-corrected chi connectivity index (χ2v) is 5.23. The number of ether oxygens (including phenoxy) is 2. The molecule has 0 saturated heterocycles. The summed E-state index contributed by atoms with van der Waals surface area (Å²) in [6.45, 7) is 3.05. The Labute approximate surface area is 114 Å². The Morgan fingerprint density at radius 3 is 2.58 bits per heavy atom. The summed E-state index contributed by atoms with van der Waals surface area (Å²) < 4.78 is 10.2. The van der Waals surface area contributed by atoms with Crippen LogP contribution in [0.25, 0.3) is 0 Å². The molecular formula is C13H26N2O4. The first-order valence-electron chi connectivity index (χ1n) is 6.77. The van der Waals surface area contributed by atoms with Gasteiger partial charge in [0.05, 0.1) is 6.61 Å². The normalized spacial score (nSPS) is 27.1. The zero-order chi connectivity index (χ0) is 14.3. The van der Waals surface area contributed by atoms with Gasteiger partial charge in [-0.05, 0) is 25.7 Å². The third-order valence-electron chi connectivity index (χ3n) is 3.84. The monoisotopic (exact) mass is 274 g/mol. The van der Waals surface area contributed by atoms with Gasteiger partial charge in [-0.2, -0.15) is 0 Å². The van der Waals surface area contributed by atoms with Crippen molar-refractivity contribution in [3.8, 4) is 0 Å². The Balaban J connectivity index is 2.53. The molecule has 0 heterocycles. The molecule has 0 aliphatic heterocycles. The first kappa shape index (κ1) is 16.4. The quantitative estimate of drug-likeness (QED) is 0.588. The molecule has 2 unspecified atom stereocenters. The maximum absolute atomic E-state index is 11.2. The van der Waals surface area contributed by atoms with Gasteiger partial charge in [0.25, 0.3) is 0 Å². The van der Waals surface area contributed by atoms with Crippen LogP contribution in [-0.2, 0) is 14.3 Å². The largest absolute Gasteiger partial charge is 0.480 e. The summed E-state index contributed by atoms with van der Waals surface area (Å²) in [5.74, 6) is -0.890. The lowest BCUT2D eigenvalue weighted by Gasteiger charge is -2.29. The molecule has 1 rings (SSSR count). The highest BCUT2D eigenvalue weighted by Crippen LogP contribution is 2.31. The van der Waals surface area contributed by atoms with Crippen molar-refractivity contribution >= 4 is 5.97 Å². The molecule has 3 N–H and O–H groups in total. The van der Waals surface area contributed by atoms with E-state index in [9.17, 15) is 9.90 Å². The van der Waals surface area contributed by atoms with Crippen molar-refractivity contribution in [2.75, 3.05) is 40.5 Å². The Bertz CT molecular complexity index is 288. The van der Waals surface area contributed by atoms with Crippen LogP contribution in [0.2, 0.25) is 0 Å². The number of carboxylic acids is 1. The van der Waals surface area contributed by atoms with Crippen LogP contribution < -0.4 is 5.73 Å². The molecule has 2 atom stereocenters. The van der Waals surface area contributed by atoms with E-state index in [1.165, 1.54) is 0 Å². The molecule has 1 aliphatic rings. The number of nitrogens with two attached hydrogens (primary N) is 1. The van der Waals surface area contributed by atoms with E-state index in [0.717, 1.165) is 25.9 Å². The highest BCUT2D eigenvalue weighted by Gasteiger charge is 2.43. The summed E-state index contributed by atoms with van der Waals surface area (Å²) in [5, 5.41) is 9.17. The first-order chi connectivity index (χ1) is 9.03.